The molecule has 1 amide bonds. The third-order valence-corrected chi connectivity index (χ3v) is 5.16. The molecule has 0 spiro atoms. The molecule has 0 bridgehead atoms. The van der Waals surface area contributed by atoms with Crippen LogP contribution in [0.25, 0.3) is 5.69 Å². The number of methoxy groups -OCH3 is 2. The zero-order valence-electron chi connectivity index (χ0n) is 16.6. The largest absolute Gasteiger partial charge is 0.496 e. The maximum Gasteiger partial charge on any atom is 0.230 e. The Morgan fingerprint density at radius 1 is 1.14 bits per heavy atom. The van der Waals surface area contributed by atoms with Crippen LogP contribution < -0.4 is 14.8 Å². The number of aromatic nitrogens is 4. The van der Waals surface area contributed by atoms with Gasteiger partial charge in [-0.1, -0.05) is 36.0 Å². The van der Waals surface area contributed by atoms with Crippen molar-refractivity contribution in [3.8, 4) is 17.2 Å². The number of carbonyl (C=O) groups is 1. The summed E-state index contributed by atoms with van der Waals surface area (Å²) in [6.45, 7) is 2.51. The Morgan fingerprint density at radius 3 is 2.72 bits per heavy atom. The summed E-state index contributed by atoms with van der Waals surface area (Å²) >= 11 is 1.27. The Labute approximate surface area is 173 Å². The average molecular weight is 414 g/mol. The number of nitrogens with one attached hydrogen (secondary N) is 1. The molecule has 2 aromatic carbocycles. The Balaban J connectivity index is 1.57. The molecule has 1 N–H and O–H groups in total. The first-order chi connectivity index (χ1) is 14.1. The van der Waals surface area contributed by atoms with E-state index in [1.807, 2.05) is 49.4 Å². The molecule has 0 saturated carbocycles. The first kappa shape index (κ1) is 20.7. The van der Waals surface area contributed by atoms with Crippen molar-refractivity contribution in [1.82, 2.24) is 25.5 Å². The Kier molecular flexibility index (Phi) is 7.07. The predicted molar refractivity (Wildman–Crippen MR) is 111 cm³/mol. The fourth-order valence-electron chi connectivity index (χ4n) is 2.81. The smallest absolute Gasteiger partial charge is 0.230 e. The number of hydrogen-bond donors (Lipinski definition) is 1. The van der Waals surface area contributed by atoms with E-state index in [4.69, 9.17) is 9.47 Å². The molecule has 0 saturated heterocycles. The number of aryl methyl sites for hydroxylation is 1. The Bertz CT molecular complexity index is 976. The second kappa shape index (κ2) is 9.92. The Hall–Kier alpha value is -3.07. The summed E-state index contributed by atoms with van der Waals surface area (Å²) in [5.41, 5.74) is 2.84. The highest BCUT2D eigenvalue weighted by molar-refractivity contribution is 7.99. The molecule has 8 nitrogen and oxygen atoms in total. The van der Waals surface area contributed by atoms with Gasteiger partial charge >= 0.3 is 0 Å². The minimum absolute atomic E-state index is 0.0874. The molecule has 0 fully saturated rings. The van der Waals surface area contributed by atoms with E-state index in [0.29, 0.717) is 23.9 Å². The first-order valence-electron chi connectivity index (χ1n) is 9.07. The molecule has 0 radical (unpaired) electrons. The van der Waals surface area contributed by atoms with Crippen LogP contribution in [-0.4, -0.2) is 52.6 Å². The van der Waals surface area contributed by atoms with Gasteiger partial charge in [-0.25, -0.2) is 0 Å². The molecule has 0 atom stereocenters. The zero-order valence-corrected chi connectivity index (χ0v) is 17.4. The first-order valence-corrected chi connectivity index (χ1v) is 10.1. The van der Waals surface area contributed by atoms with Gasteiger partial charge in [0.1, 0.15) is 17.2 Å². The number of amides is 1. The monoisotopic (exact) mass is 413 g/mol. The lowest BCUT2D eigenvalue weighted by Crippen LogP contribution is -2.27. The molecule has 1 heterocycles. The number of hydrogen-bond acceptors (Lipinski definition) is 7. The van der Waals surface area contributed by atoms with Crippen LogP contribution >= 0.6 is 11.8 Å². The summed E-state index contributed by atoms with van der Waals surface area (Å²) in [4.78, 5) is 12.2. The van der Waals surface area contributed by atoms with Crippen LogP contribution in [0.1, 0.15) is 11.1 Å². The van der Waals surface area contributed by atoms with Gasteiger partial charge in [-0.15, -0.1) is 5.10 Å². The minimum Gasteiger partial charge on any atom is -0.496 e. The van der Waals surface area contributed by atoms with E-state index in [-0.39, 0.29) is 11.7 Å². The van der Waals surface area contributed by atoms with E-state index in [1.54, 1.807) is 18.9 Å². The second-order valence-electron chi connectivity index (χ2n) is 6.25. The van der Waals surface area contributed by atoms with Crippen molar-refractivity contribution in [1.29, 1.82) is 0 Å². The highest BCUT2D eigenvalue weighted by atomic mass is 32.2. The molecule has 3 rings (SSSR count). The van der Waals surface area contributed by atoms with E-state index in [1.165, 1.54) is 11.8 Å². The van der Waals surface area contributed by atoms with Gasteiger partial charge < -0.3 is 14.8 Å². The van der Waals surface area contributed by atoms with E-state index in [0.717, 1.165) is 22.6 Å². The minimum atomic E-state index is -0.0874. The number of carbonyl (C=O) groups excluding carboxylic acids is 1. The van der Waals surface area contributed by atoms with Crippen LogP contribution in [0.15, 0.2) is 47.6 Å². The molecule has 1 aromatic heterocycles. The number of benzene rings is 2. The molecule has 29 heavy (non-hydrogen) atoms. The Morgan fingerprint density at radius 2 is 1.93 bits per heavy atom. The van der Waals surface area contributed by atoms with Crippen molar-refractivity contribution in [2.75, 3.05) is 26.5 Å². The van der Waals surface area contributed by atoms with Crippen molar-refractivity contribution < 1.29 is 14.3 Å². The highest BCUT2D eigenvalue weighted by Crippen LogP contribution is 2.26. The number of para-hydroxylation sites is 1. The summed E-state index contributed by atoms with van der Waals surface area (Å²) in [6, 6.07) is 13.5. The summed E-state index contributed by atoms with van der Waals surface area (Å²) in [5.74, 6) is 1.60. The lowest BCUT2D eigenvalue weighted by Gasteiger charge is -2.11. The fraction of sp³-hybridized carbons (Fsp3) is 0.300. The van der Waals surface area contributed by atoms with Crippen molar-refractivity contribution in [3.63, 3.8) is 0 Å². The van der Waals surface area contributed by atoms with Gasteiger partial charge in [0, 0.05) is 6.54 Å². The van der Waals surface area contributed by atoms with Crippen LogP contribution in [0.4, 0.5) is 0 Å². The normalized spacial score (nSPS) is 10.6. The number of ether oxygens (including phenoxy) is 2. The van der Waals surface area contributed by atoms with Crippen LogP contribution in [0, 0.1) is 6.92 Å². The van der Waals surface area contributed by atoms with E-state index >= 15 is 0 Å². The third-order valence-electron chi connectivity index (χ3n) is 4.24. The molecular weight excluding hydrogens is 390 g/mol. The van der Waals surface area contributed by atoms with Crippen LogP contribution in [0.2, 0.25) is 0 Å². The molecule has 152 valence electrons. The molecule has 3 aromatic rings. The summed E-state index contributed by atoms with van der Waals surface area (Å²) in [5, 5.41) is 15.3. The average Bonchev–Trinajstić information content (AvgIpc) is 3.21. The van der Waals surface area contributed by atoms with E-state index in [2.05, 4.69) is 20.8 Å². The number of nitrogens with zero attached hydrogens (tertiary/aromatic N) is 4. The van der Waals surface area contributed by atoms with E-state index in [9.17, 15) is 4.79 Å². The predicted octanol–water partition coefficient (Wildman–Crippen LogP) is 2.44. The standard InChI is InChI=1S/C20H23N5O3S/c1-14-8-9-18(28-3)16(12-14)25-20(22-23-24-25)29-13-19(26)21-11-10-15-6-4-5-7-17(15)27-2/h4-9,12H,10-11,13H2,1-3H3,(H,21,26). The van der Waals surface area contributed by atoms with Crippen molar-refractivity contribution in [2.45, 2.75) is 18.5 Å². The zero-order chi connectivity index (χ0) is 20.6. The number of thioether (sulfide) groups is 1. The maximum absolute atomic E-state index is 12.2. The summed E-state index contributed by atoms with van der Waals surface area (Å²) in [7, 11) is 3.24. The number of rotatable bonds is 9. The summed E-state index contributed by atoms with van der Waals surface area (Å²) in [6.07, 6.45) is 0.693. The number of tetrazole rings is 1. The van der Waals surface area contributed by atoms with Crippen LogP contribution in [0.5, 0.6) is 11.5 Å². The topological polar surface area (TPSA) is 91.2 Å². The fourth-order valence-corrected chi connectivity index (χ4v) is 3.53. The lowest BCUT2D eigenvalue weighted by molar-refractivity contribution is -0.118. The SMILES string of the molecule is COc1ccccc1CCNC(=O)CSc1nnnn1-c1cc(C)ccc1OC. The molecule has 0 aliphatic carbocycles. The van der Waals surface area contributed by atoms with Gasteiger partial charge in [0.2, 0.25) is 11.1 Å². The van der Waals surface area contributed by atoms with Crippen molar-refractivity contribution in [3.05, 3.63) is 53.6 Å². The maximum atomic E-state index is 12.2. The van der Waals surface area contributed by atoms with Gasteiger partial charge in [0.15, 0.2) is 0 Å². The second-order valence-corrected chi connectivity index (χ2v) is 7.19. The quantitative estimate of drug-likeness (QED) is 0.539. The van der Waals surface area contributed by atoms with Gasteiger partial charge in [-0.05, 0) is 53.1 Å². The van der Waals surface area contributed by atoms with Crippen molar-refractivity contribution >= 4 is 17.7 Å². The van der Waals surface area contributed by atoms with Gasteiger partial charge in [0.05, 0.1) is 20.0 Å². The molecule has 0 unspecified atom stereocenters. The van der Waals surface area contributed by atoms with Gasteiger partial charge in [-0.3, -0.25) is 4.79 Å². The third kappa shape index (κ3) is 5.26. The van der Waals surface area contributed by atoms with Gasteiger partial charge in [0.25, 0.3) is 0 Å². The van der Waals surface area contributed by atoms with E-state index < -0.39 is 0 Å². The summed E-state index contributed by atoms with van der Waals surface area (Å²) < 4.78 is 12.3. The van der Waals surface area contributed by atoms with Crippen LogP contribution in [-0.2, 0) is 11.2 Å². The lowest BCUT2D eigenvalue weighted by atomic mass is 10.1. The molecule has 0 aliphatic rings. The highest BCUT2D eigenvalue weighted by Gasteiger charge is 2.15. The van der Waals surface area contributed by atoms with Crippen molar-refractivity contribution in [2.24, 2.45) is 0 Å². The molecular formula is C20H23N5O3S. The van der Waals surface area contributed by atoms with Crippen LogP contribution in [0.3, 0.4) is 0 Å². The molecule has 9 heteroatoms. The molecule has 0 aliphatic heterocycles. The van der Waals surface area contributed by atoms with Gasteiger partial charge in [-0.2, -0.15) is 4.68 Å².